The summed E-state index contributed by atoms with van der Waals surface area (Å²) in [4.78, 5) is 12.2. The van der Waals surface area contributed by atoms with Gasteiger partial charge < -0.3 is 11.1 Å². The average Bonchev–Trinajstić information content (AvgIpc) is 2.32. The standard InChI is InChI=1S/C13H19ClN2O/c1-4-13(3,8-15)12(17)16-11-9(2)6-5-7-10(11)14/h5-7H,4,8,15H2,1-3H3,(H,16,17). The number of amides is 1. The smallest absolute Gasteiger partial charge is 0.231 e. The fourth-order valence-corrected chi connectivity index (χ4v) is 1.72. The second-order valence-electron chi connectivity index (χ2n) is 4.50. The fourth-order valence-electron chi connectivity index (χ4n) is 1.45. The highest BCUT2D eigenvalue weighted by Crippen LogP contribution is 2.28. The normalized spacial score (nSPS) is 14.2. The molecule has 0 bridgehead atoms. The highest BCUT2D eigenvalue weighted by molar-refractivity contribution is 6.34. The third-order valence-electron chi connectivity index (χ3n) is 3.24. The lowest BCUT2D eigenvalue weighted by Crippen LogP contribution is -2.39. The minimum atomic E-state index is -0.550. The van der Waals surface area contributed by atoms with E-state index in [1.54, 1.807) is 6.07 Å². The number of rotatable bonds is 4. The zero-order valence-corrected chi connectivity index (χ0v) is 11.3. The average molecular weight is 255 g/mol. The van der Waals surface area contributed by atoms with Crippen molar-refractivity contribution >= 4 is 23.2 Å². The molecule has 4 heteroatoms. The second-order valence-corrected chi connectivity index (χ2v) is 4.91. The van der Waals surface area contributed by atoms with E-state index in [4.69, 9.17) is 17.3 Å². The van der Waals surface area contributed by atoms with Crippen molar-refractivity contribution in [2.45, 2.75) is 27.2 Å². The van der Waals surface area contributed by atoms with Gasteiger partial charge in [-0.1, -0.05) is 30.7 Å². The Morgan fingerprint density at radius 3 is 2.65 bits per heavy atom. The van der Waals surface area contributed by atoms with Crippen LogP contribution in [0.2, 0.25) is 5.02 Å². The van der Waals surface area contributed by atoms with Crippen LogP contribution in [0.4, 0.5) is 5.69 Å². The van der Waals surface area contributed by atoms with Gasteiger partial charge in [-0.15, -0.1) is 0 Å². The number of hydrogen-bond acceptors (Lipinski definition) is 2. The SMILES string of the molecule is CCC(C)(CN)C(=O)Nc1c(C)cccc1Cl. The van der Waals surface area contributed by atoms with Crippen LogP contribution in [-0.2, 0) is 4.79 Å². The minimum absolute atomic E-state index is 0.0845. The largest absolute Gasteiger partial charge is 0.329 e. The van der Waals surface area contributed by atoms with Gasteiger partial charge in [0.05, 0.1) is 16.1 Å². The third-order valence-corrected chi connectivity index (χ3v) is 3.55. The molecule has 1 aromatic carbocycles. The number of para-hydroxylation sites is 1. The van der Waals surface area contributed by atoms with Crippen molar-refractivity contribution in [1.82, 2.24) is 0 Å². The molecule has 0 aliphatic heterocycles. The number of carbonyl (C=O) groups is 1. The molecule has 0 aliphatic rings. The van der Waals surface area contributed by atoms with Gasteiger partial charge >= 0.3 is 0 Å². The van der Waals surface area contributed by atoms with Gasteiger partial charge in [-0.2, -0.15) is 0 Å². The summed E-state index contributed by atoms with van der Waals surface area (Å²) in [5, 5.41) is 3.42. The molecule has 0 saturated carbocycles. The number of nitrogens with one attached hydrogen (secondary N) is 1. The molecule has 0 aliphatic carbocycles. The molecular formula is C13H19ClN2O. The van der Waals surface area contributed by atoms with Crippen molar-refractivity contribution in [2.75, 3.05) is 11.9 Å². The van der Waals surface area contributed by atoms with Gasteiger partial charge in [0, 0.05) is 6.54 Å². The van der Waals surface area contributed by atoms with Gasteiger partial charge in [0.15, 0.2) is 0 Å². The molecule has 0 spiro atoms. The van der Waals surface area contributed by atoms with Gasteiger partial charge in [0.2, 0.25) is 5.91 Å². The first-order valence-corrected chi connectivity index (χ1v) is 6.09. The number of hydrogen-bond donors (Lipinski definition) is 2. The van der Waals surface area contributed by atoms with Crippen LogP contribution in [-0.4, -0.2) is 12.5 Å². The Kier molecular flexibility index (Phi) is 4.54. The predicted octanol–water partition coefficient (Wildman–Crippen LogP) is 2.96. The summed E-state index contributed by atoms with van der Waals surface area (Å²) in [6.45, 7) is 6.03. The lowest BCUT2D eigenvalue weighted by molar-refractivity contribution is -0.124. The van der Waals surface area contributed by atoms with Gasteiger partial charge in [-0.25, -0.2) is 0 Å². The Labute approximate surface area is 107 Å². The minimum Gasteiger partial charge on any atom is -0.329 e. The van der Waals surface area contributed by atoms with Crippen LogP contribution >= 0.6 is 11.6 Å². The van der Waals surface area contributed by atoms with Crippen LogP contribution in [0.3, 0.4) is 0 Å². The first-order chi connectivity index (χ1) is 7.94. The molecule has 0 radical (unpaired) electrons. The van der Waals surface area contributed by atoms with Crippen molar-refractivity contribution in [3.05, 3.63) is 28.8 Å². The van der Waals surface area contributed by atoms with E-state index in [1.807, 2.05) is 32.9 Å². The molecule has 1 amide bonds. The van der Waals surface area contributed by atoms with E-state index in [9.17, 15) is 4.79 Å². The summed E-state index contributed by atoms with van der Waals surface area (Å²) >= 11 is 6.06. The number of halogens is 1. The number of nitrogens with two attached hydrogens (primary N) is 1. The quantitative estimate of drug-likeness (QED) is 0.868. The monoisotopic (exact) mass is 254 g/mol. The van der Waals surface area contributed by atoms with Crippen LogP contribution in [0.1, 0.15) is 25.8 Å². The zero-order chi connectivity index (χ0) is 13.1. The van der Waals surface area contributed by atoms with Crippen LogP contribution in [0.25, 0.3) is 0 Å². The molecule has 0 heterocycles. The molecule has 1 atom stereocenters. The molecule has 1 unspecified atom stereocenters. The van der Waals surface area contributed by atoms with E-state index in [-0.39, 0.29) is 5.91 Å². The molecular weight excluding hydrogens is 236 g/mol. The molecule has 3 nitrogen and oxygen atoms in total. The number of benzene rings is 1. The first-order valence-electron chi connectivity index (χ1n) is 5.71. The van der Waals surface area contributed by atoms with E-state index < -0.39 is 5.41 Å². The zero-order valence-electron chi connectivity index (χ0n) is 10.5. The van der Waals surface area contributed by atoms with Crippen LogP contribution in [0.15, 0.2) is 18.2 Å². The fraction of sp³-hybridized carbons (Fsp3) is 0.462. The summed E-state index contributed by atoms with van der Waals surface area (Å²) in [6, 6.07) is 5.53. The lowest BCUT2D eigenvalue weighted by Gasteiger charge is -2.25. The molecule has 17 heavy (non-hydrogen) atoms. The first kappa shape index (κ1) is 14.0. The van der Waals surface area contributed by atoms with Crippen LogP contribution in [0, 0.1) is 12.3 Å². The van der Waals surface area contributed by atoms with Crippen molar-refractivity contribution in [2.24, 2.45) is 11.1 Å². The van der Waals surface area contributed by atoms with Crippen molar-refractivity contribution in [3.63, 3.8) is 0 Å². The maximum Gasteiger partial charge on any atom is 0.231 e. The Hall–Kier alpha value is -1.06. The molecule has 0 fully saturated rings. The molecule has 0 saturated heterocycles. The van der Waals surface area contributed by atoms with Crippen molar-refractivity contribution in [3.8, 4) is 0 Å². The molecule has 1 rings (SSSR count). The molecule has 3 N–H and O–H groups in total. The second kappa shape index (κ2) is 5.52. The lowest BCUT2D eigenvalue weighted by atomic mass is 9.86. The summed E-state index contributed by atoms with van der Waals surface area (Å²) < 4.78 is 0. The summed E-state index contributed by atoms with van der Waals surface area (Å²) in [5.74, 6) is -0.0845. The van der Waals surface area contributed by atoms with Crippen LogP contribution in [0.5, 0.6) is 0 Å². The van der Waals surface area contributed by atoms with E-state index in [0.717, 1.165) is 5.56 Å². The van der Waals surface area contributed by atoms with Crippen molar-refractivity contribution in [1.29, 1.82) is 0 Å². The summed E-state index contributed by atoms with van der Waals surface area (Å²) in [7, 11) is 0. The molecule has 1 aromatic rings. The molecule has 0 aromatic heterocycles. The van der Waals surface area contributed by atoms with E-state index in [2.05, 4.69) is 5.32 Å². The van der Waals surface area contributed by atoms with E-state index in [1.165, 1.54) is 0 Å². The predicted molar refractivity (Wildman–Crippen MR) is 72.3 cm³/mol. The number of aryl methyl sites for hydroxylation is 1. The Balaban J connectivity index is 2.96. The van der Waals surface area contributed by atoms with E-state index in [0.29, 0.717) is 23.7 Å². The highest BCUT2D eigenvalue weighted by Gasteiger charge is 2.30. The van der Waals surface area contributed by atoms with Gasteiger partial charge in [-0.3, -0.25) is 4.79 Å². The highest BCUT2D eigenvalue weighted by atomic mass is 35.5. The maximum atomic E-state index is 12.2. The summed E-state index contributed by atoms with van der Waals surface area (Å²) in [5.41, 5.74) is 6.72. The number of anilines is 1. The van der Waals surface area contributed by atoms with Gasteiger partial charge in [0.25, 0.3) is 0 Å². The topological polar surface area (TPSA) is 55.1 Å². The Morgan fingerprint density at radius 1 is 1.53 bits per heavy atom. The van der Waals surface area contributed by atoms with Gasteiger partial charge in [-0.05, 0) is 31.9 Å². The van der Waals surface area contributed by atoms with E-state index >= 15 is 0 Å². The van der Waals surface area contributed by atoms with Crippen molar-refractivity contribution < 1.29 is 4.79 Å². The number of carbonyl (C=O) groups excluding carboxylic acids is 1. The Morgan fingerprint density at radius 2 is 2.18 bits per heavy atom. The summed E-state index contributed by atoms with van der Waals surface area (Å²) in [6.07, 6.45) is 0.693. The van der Waals surface area contributed by atoms with Gasteiger partial charge in [0.1, 0.15) is 0 Å². The Bertz CT molecular complexity index is 394. The third kappa shape index (κ3) is 2.99. The molecule has 94 valence electrons. The maximum absolute atomic E-state index is 12.2. The van der Waals surface area contributed by atoms with Crippen LogP contribution < -0.4 is 11.1 Å².